The van der Waals surface area contributed by atoms with Crippen LogP contribution in [-0.2, 0) is 32.5 Å². The standard InChI is InChI=1S/C52H86O7S/c1-3-5-7-9-11-13-15-17-19-21-23-25-27-29-31-33-39-46-41-35-37-43-48(46)58-51(53)45-50(60(55,56)57)52(54)59-49-44-38-36-42-47(49)40-34-32-30-28-26-24-22-20-18-16-14-12-10-8-6-4-2/h35-38,41-44,50H,3-34,39-40,45H2,1-2H3,(H,55,56,57). The zero-order valence-electron chi connectivity index (χ0n) is 38.2. The van der Waals surface area contributed by atoms with Crippen LogP contribution in [0.3, 0.4) is 0 Å². The highest BCUT2D eigenvalue weighted by Gasteiger charge is 2.36. The molecule has 0 aliphatic rings. The molecule has 1 unspecified atom stereocenters. The van der Waals surface area contributed by atoms with Gasteiger partial charge in [-0.05, 0) is 48.9 Å². The summed E-state index contributed by atoms with van der Waals surface area (Å²) in [5, 5.41) is -2.10. The van der Waals surface area contributed by atoms with Gasteiger partial charge in [0.15, 0.2) is 5.25 Å². The van der Waals surface area contributed by atoms with E-state index in [1.807, 2.05) is 24.3 Å². The summed E-state index contributed by atoms with van der Waals surface area (Å²) < 4.78 is 45.9. The number of unbranched alkanes of at least 4 members (excludes halogenated alkanes) is 30. The molecule has 0 aliphatic heterocycles. The van der Waals surface area contributed by atoms with Crippen LogP contribution in [0.2, 0.25) is 0 Å². The first-order valence-electron chi connectivity index (χ1n) is 24.8. The maximum Gasteiger partial charge on any atom is 0.332 e. The second-order valence-electron chi connectivity index (χ2n) is 17.4. The summed E-state index contributed by atoms with van der Waals surface area (Å²) >= 11 is 0. The first-order valence-corrected chi connectivity index (χ1v) is 26.3. The van der Waals surface area contributed by atoms with Crippen molar-refractivity contribution < 1.29 is 32.0 Å². The largest absolute Gasteiger partial charge is 0.426 e. The van der Waals surface area contributed by atoms with Gasteiger partial charge in [-0.2, -0.15) is 8.42 Å². The Labute approximate surface area is 367 Å². The Morgan fingerprint density at radius 1 is 0.450 bits per heavy atom. The fraction of sp³-hybridized carbons (Fsp3) is 0.731. The van der Waals surface area contributed by atoms with Crippen LogP contribution in [0.5, 0.6) is 11.5 Å². The lowest BCUT2D eigenvalue weighted by Crippen LogP contribution is -2.36. The topological polar surface area (TPSA) is 107 Å². The first-order chi connectivity index (χ1) is 29.3. The van der Waals surface area contributed by atoms with Gasteiger partial charge in [-0.1, -0.05) is 243 Å². The molecule has 0 aliphatic carbocycles. The quantitative estimate of drug-likeness (QED) is 0.0308. The fourth-order valence-corrected chi connectivity index (χ4v) is 8.78. The normalized spacial score (nSPS) is 12.1. The molecule has 7 nitrogen and oxygen atoms in total. The van der Waals surface area contributed by atoms with E-state index in [1.54, 1.807) is 24.3 Å². The lowest BCUT2D eigenvalue weighted by Gasteiger charge is -2.16. The summed E-state index contributed by atoms with van der Waals surface area (Å²) in [6.45, 7) is 4.53. The maximum atomic E-state index is 13.2. The molecule has 0 bridgehead atoms. The van der Waals surface area contributed by atoms with Crippen molar-refractivity contribution in [3.63, 3.8) is 0 Å². The van der Waals surface area contributed by atoms with E-state index >= 15 is 0 Å². The molecule has 2 aromatic carbocycles. The van der Waals surface area contributed by atoms with E-state index in [9.17, 15) is 22.6 Å². The van der Waals surface area contributed by atoms with Crippen LogP contribution in [0.4, 0.5) is 0 Å². The summed E-state index contributed by atoms with van der Waals surface area (Å²) in [4.78, 5) is 26.2. The van der Waals surface area contributed by atoms with Gasteiger partial charge in [-0.15, -0.1) is 0 Å². The molecule has 0 saturated carbocycles. The van der Waals surface area contributed by atoms with Crippen LogP contribution in [0.1, 0.15) is 237 Å². The molecule has 1 atom stereocenters. The summed E-state index contributed by atoms with van der Waals surface area (Å²) in [7, 11) is -4.95. The van der Waals surface area contributed by atoms with Crippen molar-refractivity contribution in [3.8, 4) is 11.5 Å². The van der Waals surface area contributed by atoms with Gasteiger partial charge in [-0.3, -0.25) is 14.1 Å². The van der Waals surface area contributed by atoms with E-state index < -0.39 is 33.7 Å². The van der Waals surface area contributed by atoms with Crippen molar-refractivity contribution in [1.82, 2.24) is 0 Å². The van der Waals surface area contributed by atoms with Crippen LogP contribution in [0.15, 0.2) is 48.5 Å². The maximum absolute atomic E-state index is 13.2. The molecule has 0 amide bonds. The predicted octanol–water partition coefficient (Wildman–Crippen LogP) is 15.5. The van der Waals surface area contributed by atoms with Gasteiger partial charge in [0.25, 0.3) is 10.1 Å². The highest BCUT2D eigenvalue weighted by Crippen LogP contribution is 2.25. The van der Waals surface area contributed by atoms with Gasteiger partial charge >= 0.3 is 11.9 Å². The number of benzene rings is 2. The number of hydrogen-bond acceptors (Lipinski definition) is 6. The second-order valence-corrected chi connectivity index (χ2v) is 19.0. The number of carbonyl (C=O) groups is 2. The zero-order chi connectivity index (χ0) is 43.4. The Hall–Kier alpha value is -2.71. The smallest absolute Gasteiger partial charge is 0.332 e. The number of rotatable bonds is 40. The van der Waals surface area contributed by atoms with Gasteiger partial charge in [0.1, 0.15) is 11.5 Å². The van der Waals surface area contributed by atoms with Crippen LogP contribution in [0, 0.1) is 0 Å². The molecule has 0 saturated heterocycles. The molecule has 0 aromatic heterocycles. The van der Waals surface area contributed by atoms with Crippen molar-refractivity contribution in [2.75, 3.05) is 0 Å². The summed E-state index contributed by atoms with van der Waals surface area (Å²) in [6.07, 6.45) is 41.8. The summed E-state index contributed by atoms with van der Waals surface area (Å²) in [5.74, 6) is -1.53. The van der Waals surface area contributed by atoms with Gasteiger partial charge < -0.3 is 9.47 Å². The van der Waals surface area contributed by atoms with Crippen LogP contribution >= 0.6 is 0 Å². The van der Waals surface area contributed by atoms with E-state index in [0.717, 1.165) is 49.7 Å². The number of para-hydroxylation sites is 2. The van der Waals surface area contributed by atoms with Gasteiger partial charge in [0, 0.05) is 0 Å². The Morgan fingerprint density at radius 2 is 0.733 bits per heavy atom. The molecule has 0 fully saturated rings. The lowest BCUT2D eigenvalue weighted by atomic mass is 10.0. The Bertz CT molecular complexity index is 1470. The van der Waals surface area contributed by atoms with Crippen molar-refractivity contribution in [2.24, 2.45) is 0 Å². The SMILES string of the molecule is CCCCCCCCCCCCCCCCCCc1ccccc1OC(=O)CC(C(=O)Oc1ccccc1CCCCCCCCCCCCCCCCCC)S(=O)(=O)O. The average molecular weight is 855 g/mol. The number of aryl methyl sites for hydroxylation is 2. The third kappa shape index (κ3) is 27.3. The molecule has 342 valence electrons. The van der Waals surface area contributed by atoms with E-state index in [1.165, 1.54) is 173 Å². The van der Waals surface area contributed by atoms with Gasteiger partial charge in [0.2, 0.25) is 0 Å². The van der Waals surface area contributed by atoms with Crippen LogP contribution in [0.25, 0.3) is 0 Å². The minimum atomic E-state index is -4.95. The third-order valence-electron chi connectivity index (χ3n) is 12.0. The first kappa shape index (κ1) is 53.4. The molecule has 0 heterocycles. The Balaban J connectivity index is 1.67. The van der Waals surface area contributed by atoms with E-state index in [2.05, 4.69) is 13.8 Å². The van der Waals surface area contributed by atoms with Crippen molar-refractivity contribution >= 4 is 22.1 Å². The second kappa shape index (κ2) is 35.8. The highest BCUT2D eigenvalue weighted by molar-refractivity contribution is 7.87. The van der Waals surface area contributed by atoms with Crippen molar-refractivity contribution in [3.05, 3.63) is 59.7 Å². The monoisotopic (exact) mass is 855 g/mol. The lowest BCUT2D eigenvalue weighted by molar-refractivity contribution is -0.140. The zero-order valence-corrected chi connectivity index (χ0v) is 39.1. The molecule has 8 heteroatoms. The number of esters is 2. The Kier molecular flexibility index (Phi) is 31.9. The van der Waals surface area contributed by atoms with E-state index in [4.69, 9.17) is 9.47 Å². The van der Waals surface area contributed by atoms with E-state index in [-0.39, 0.29) is 5.75 Å². The molecule has 0 radical (unpaired) electrons. The number of carbonyl (C=O) groups excluding carboxylic acids is 2. The highest BCUT2D eigenvalue weighted by atomic mass is 32.2. The molecule has 2 aromatic rings. The summed E-state index contributed by atoms with van der Waals surface area (Å²) in [5.41, 5.74) is 1.64. The average Bonchev–Trinajstić information content (AvgIpc) is 3.23. The minimum absolute atomic E-state index is 0.245. The molecular formula is C52H86O7S. The fourth-order valence-electron chi connectivity index (χ4n) is 8.15. The van der Waals surface area contributed by atoms with Crippen molar-refractivity contribution in [2.45, 2.75) is 244 Å². The molecular weight excluding hydrogens is 769 g/mol. The van der Waals surface area contributed by atoms with E-state index in [0.29, 0.717) is 12.2 Å². The Morgan fingerprint density at radius 3 is 1.05 bits per heavy atom. The third-order valence-corrected chi connectivity index (χ3v) is 13.0. The molecule has 60 heavy (non-hydrogen) atoms. The molecule has 1 N–H and O–H groups in total. The molecule has 0 spiro atoms. The van der Waals surface area contributed by atoms with Crippen LogP contribution < -0.4 is 9.47 Å². The van der Waals surface area contributed by atoms with Gasteiger partial charge in [0.05, 0.1) is 6.42 Å². The minimum Gasteiger partial charge on any atom is -0.426 e. The number of hydrogen-bond donors (Lipinski definition) is 1. The van der Waals surface area contributed by atoms with Crippen LogP contribution in [-0.4, -0.2) is 30.2 Å². The predicted molar refractivity (Wildman–Crippen MR) is 251 cm³/mol. The van der Waals surface area contributed by atoms with Crippen molar-refractivity contribution in [1.29, 1.82) is 0 Å². The summed E-state index contributed by atoms with van der Waals surface area (Å²) in [6, 6.07) is 14.3. The van der Waals surface area contributed by atoms with Gasteiger partial charge in [-0.25, -0.2) is 0 Å². The number of ether oxygens (including phenoxy) is 2. The molecule has 2 rings (SSSR count).